The predicted molar refractivity (Wildman–Crippen MR) is 70.3 cm³/mol. The fourth-order valence-electron chi connectivity index (χ4n) is 1.99. The molecule has 0 aromatic carbocycles. The lowest BCUT2D eigenvalue weighted by Crippen LogP contribution is -2.33. The first-order valence-electron chi connectivity index (χ1n) is 6.00. The van der Waals surface area contributed by atoms with Gasteiger partial charge in [0, 0.05) is 0 Å². The van der Waals surface area contributed by atoms with Gasteiger partial charge in [-0.2, -0.15) is 0 Å². The number of aliphatic hydroxyl groups excluding tert-OH is 2. The van der Waals surface area contributed by atoms with E-state index in [9.17, 15) is 19.6 Å². The number of nitrogen functional groups attached to an aromatic ring is 1. The zero-order valence-corrected chi connectivity index (χ0v) is 11.9. The van der Waals surface area contributed by atoms with Crippen LogP contribution in [0.15, 0.2) is 0 Å². The van der Waals surface area contributed by atoms with Crippen molar-refractivity contribution in [3.05, 3.63) is 5.82 Å². The van der Waals surface area contributed by atoms with E-state index in [4.69, 9.17) is 20.3 Å². The molecule has 12 nitrogen and oxygen atoms in total. The summed E-state index contributed by atoms with van der Waals surface area (Å²) in [5, 5.41) is 22.0. The Labute approximate surface area is 123 Å². The Morgan fingerprint density at radius 1 is 1.45 bits per heavy atom. The number of nitrogens with two attached hydrogens (primary N) is 1. The molecule has 0 spiro atoms. The number of aromatic amines is 1. The van der Waals surface area contributed by atoms with Crippen molar-refractivity contribution in [2.45, 2.75) is 24.4 Å². The fraction of sp³-hybridized carbons (Fsp3) is 0.556. The number of carbonyl (C=O) groups is 1. The van der Waals surface area contributed by atoms with Crippen LogP contribution in [0.25, 0.3) is 0 Å². The second-order valence-electron chi connectivity index (χ2n) is 4.51. The van der Waals surface area contributed by atoms with Crippen LogP contribution in [-0.4, -0.2) is 61.3 Å². The molecule has 1 aromatic heterocycles. The predicted octanol–water partition coefficient (Wildman–Crippen LogP) is -2.17. The standard InChI is InChI=1S/C9H15N4O8P/c10-7-9(11-2-14)13-8(12-7)6-5(16)4(15)3(21-6)1-20-22(17,18)19/h2-6,15-16H,1,10H2,(H,11,14)(H,12,13)(H2,17,18,19)/t3-,4-,5-,6?/m1/s1. The topological polar surface area (TPSA) is 200 Å². The van der Waals surface area contributed by atoms with Gasteiger partial charge in [-0.1, -0.05) is 0 Å². The minimum absolute atomic E-state index is 0.0160. The quantitative estimate of drug-likeness (QED) is 0.221. The van der Waals surface area contributed by atoms with Crippen molar-refractivity contribution in [1.29, 1.82) is 0 Å². The highest BCUT2D eigenvalue weighted by Crippen LogP contribution is 2.39. The maximum atomic E-state index is 10.6. The fourth-order valence-corrected chi connectivity index (χ4v) is 2.33. The average Bonchev–Trinajstić information content (AvgIpc) is 2.90. The van der Waals surface area contributed by atoms with Crippen LogP contribution in [0.4, 0.5) is 11.6 Å². The van der Waals surface area contributed by atoms with Crippen LogP contribution in [-0.2, 0) is 18.6 Å². The summed E-state index contributed by atoms with van der Waals surface area (Å²) in [6.07, 6.45) is -4.84. The molecule has 0 radical (unpaired) electrons. The molecule has 22 heavy (non-hydrogen) atoms. The molecule has 1 unspecified atom stereocenters. The number of aromatic nitrogens is 2. The largest absolute Gasteiger partial charge is 0.469 e. The van der Waals surface area contributed by atoms with E-state index in [1.807, 2.05) is 0 Å². The van der Waals surface area contributed by atoms with Gasteiger partial charge in [0.05, 0.1) is 6.61 Å². The molecule has 0 aliphatic carbocycles. The maximum absolute atomic E-state index is 10.6. The number of amides is 1. The molecule has 1 aliphatic heterocycles. The number of H-pyrrole nitrogens is 1. The number of aliphatic hydroxyl groups is 2. The average molecular weight is 338 g/mol. The minimum atomic E-state index is -4.73. The zero-order chi connectivity index (χ0) is 16.5. The molecule has 1 fully saturated rings. The molecule has 2 rings (SSSR count). The number of phosphoric acid groups is 1. The van der Waals surface area contributed by atoms with Crippen LogP contribution < -0.4 is 11.1 Å². The van der Waals surface area contributed by atoms with Crippen LogP contribution in [0.1, 0.15) is 11.9 Å². The van der Waals surface area contributed by atoms with E-state index in [1.54, 1.807) is 0 Å². The zero-order valence-electron chi connectivity index (χ0n) is 11.0. The van der Waals surface area contributed by atoms with E-state index >= 15 is 0 Å². The third kappa shape index (κ3) is 3.62. The molecular formula is C9H15N4O8P. The van der Waals surface area contributed by atoms with E-state index < -0.39 is 38.8 Å². The van der Waals surface area contributed by atoms with Crippen LogP contribution in [0, 0.1) is 0 Å². The molecule has 8 N–H and O–H groups in total. The van der Waals surface area contributed by atoms with Crippen molar-refractivity contribution in [1.82, 2.24) is 9.97 Å². The van der Waals surface area contributed by atoms with E-state index in [1.165, 1.54) is 0 Å². The number of rotatable bonds is 6. The highest BCUT2D eigenvalue weighted by molar-refractivity contribution is 7.46. The molecule has 1 amide bonds. The van der Waals surface area contributed by atoms with Crippen molar-refractivity contribution in [2.24, 2.45) is 0 Å². The van der Waals surface area contributed by atoms with Gasteiger partial charge in [-0.15, -0.1) is 0 Å². The van der Waals surface area contributed by atoms with Crippen LogP contribution in [0.5, 0.6) is 0 Å². The SMILES string of the molecule is Nc1[nH]c(C2O[C@H](COP(=O)(O)O)[C@@H](O)[C@H]2O)nc1NC=O. The number of hydrogen-bond acceptors (Lipinski definition) is 8. The van der Waals surface area contributed by atoms with E-state index in [-0.39, 0.29) is 17.5 Å². The minimum Gasteiger partial charge on any atom is -0.387 e. The monoisotopic (exact) mass is 338 g/mol. The molecule has 1 aliphatic rings. The lowest BCUT2D eigenvalue weighted by atomic mass is 10.1. The number of nitrogens with zero attached hydrogens (tertiary/aromatic N) is 1. The van der Waals surface area contributed by atoms with Gasteiger partial charge in [0.15, 0.2) is 5.82 Å². The summed E-state index contributed by atoms with van der Waals surface area (Å²) in [7, 11) is -4.73. The molecule has 13 heteroatoms. The normalized spacial score (nSPS) is 28.7. The molecule has 0 saturated carbocycles. The highest BCUT2D eigenvalue weighted by atomic mass is 31.2. The van der Waals surface area contributed by atoms with E-state index in [0.29, 0.717) is 6.41 Å². The Hall–Kier alpha value is -1.53. The van der Waals surface area contributed by atoms with Gasteiger partial charge in [-0.25, -0.2) is 9.55 Å². The first-order chi connectivity index (χ1) is 10.2. The van der Waals surface area contributed by atoms with Crippen molar-refractivity contribution in [3.8, 4) is 0 Å². The number of carbonyl (C=O) groups excluding carboxylic acids is 1. The van der Waals surface area contributed by atoms with Gasteiger partial charge in [0.2, 0.25) is 6.41 Å². The molecule has 0 bridgehead atoms. The summed E-state index contributed by atoms with van der Waals surface area (Å²) in [6, 6.07) is 0. The van der Waals surface area contributed by atoms with Gasteiger partial charge in [0.1, 0.15) is 36.1 Å². The lowest BCUT2D eigenvalue weighted by molar-refractivity contribution is -0.105. The Morgan fingerprint density at radius 2 is 2.14 bits per heavy atom. The number of anilines is 2. The van der Waals surface area contributed by atoms with Crippen molar-refractivity contribution >= 4 is 25.9 Å². The summed E-state index contributed by atoms with van der Waals surface area (Å²) < 4.78 is 20.2. The smallest absolute Gasteiger partial charge is 0.387 e. The summed E-state index contributed by atoms with van der Waals surface area (Å²) in [5.41, 5.74) is 5.56. The van der Waals surface area contributed by atoms with Crippen LogP contribution in [0.3, 0.4) is 0 Å². The molecule has 1 saturated heterocycles. The third-order valence-electron chi connectivity index (χ3n) is 2.98. The molecular weight excluding hydrogens is 323 g/mol. The summed E-state index contributed by atoms with van der Waals surface area (Å²) in [5.74, 6) is 0.0691. The van der Waals surface area contributed by atoms with Crippen molar-refractivity contribution in [3.63, 3.8) is 0 Å². The van der Waals surface area contributed by atoms with Gasteiger partial charge in [-0.05, 0) is 0 Å². The van der Waals surface area contributed by atoms with Crippen molar-refractivity contribution < 1.29 is 38.6 Å². The Balaban J connectivity index is 2.10. The first kappa shape index (κ1) is 16.8. The van der Waals surface area contributed by atoms with Gasteiger partial charge < -0.3 is 40.8 Å². The third-order valence-corrected chi connectivity index (χ3v) is 3.47. The Morgan fingerprint density at radius 3 is 2.73 bits per heavy atom. The van der Waals surface area contributed by atoms with Crippen LogP contribution in [0.2, 0.25) is 0 Å². The summed E-state index contributed by atoms with van der Waals surface area (Å²) in [4.78, 5) is 34.1. The number of imidazole rings is 1. The van der Waals surface area contributed by atoms with Crippen LogP contribution >= 0.6 is 7.82 Å². The van der Waals surface area contributed by atoms with E-state index in [0.717, 1.165) is 0 Å². The first-order valence-corrected chi connectivity index (χ1v) is 7.53. The second-order valence-corrected chi connectivity index (χ2v) is 5.75. The number of ether oxygens (including phenoxy) is 1. The molecule has 2 heterocycles. The van der Waals surface area contributed by atoms with Gasteiger partial charge >= 0.3 is 7.82 Å². The summed E-state index contributed by atoms with van der Waals surface area (Å²) in [6.45, 7) is -0.630. The molecule has 124 valence electrons. The lowest BCUT2D eigenvalue weighted by Gasteiger charge is -2.14. The Bertz CT molecular complexity index is 588. The van der Waals surface area contributed by atoms with Gasteiger partial charge in [0.25, 0.3) is 0 Å². The number of hydrogen-bond donors (Lipinski definition) is 7. The Kier molecular flexibility index (Phi) is 4.82. The molecule has 1 aromatic rings. The maximum Gasteiger partial charge on any atom is 0.469 e. The van der Waals surface area contributed by atoms with E-state index in [2.05, 4.69) is 19.8 Å². The molecule has 4 atom stereocenters. The second kappa shape index (κ2) is 6.30. The van der Waals surface area contributed by atoms with Crippen molar-refractivity contribution in [2.75, 3.05) is 17.7 Å². The van der Waals surface area contributed by atoms with Gasteiger partial charge in [-0.3, -0.25) is 9.32 Å². The highest BCUT2D eigenvalue weighted by Gasteiger charge is 2.45. The summed E-state index contributed by atoms with van der Waals surface area (Å²) >= 11 is 0. The number of phosphoric ester groups is 1. The number of nitrogens with one attached hydrogen (secondary N) is 2.